The van der Waals surface area contributed by atoms with Gasteiger partial charge in [0.05, 0.1) is 5.69 Å². The third kappa shape index (κ3) is 3.25. The van der Waals surface area contributed by atoms with E-state index in [4.69, 9.17) is 5.73 Å². The molecule has 0 aliphatic heterocycles. The van der Waals surface area contributed by atoms with Crippen LogP contribution in [0.5, 0.6) is 0 Å². The molecule has 112 valence electrons. The molecule has 0 radical (unpaired) electrons. The molecule has 21 heavy (non-hydrogen) atoms. The van der Waals surface area contributed by atoms with Gasteiger partial charge in [-0.1, -0.05) is 12.1 Å². The van der Waals surface area contributed by atoms with E-state index in [1.165, 1.54) is 37.4 Å². The predicted octanol–water partition coefficient (Wildman–Crippen LogP) is 2.87. The molecular formula is C14H14BrFN2O2S. The van der Waals surface area contributed by atoms with E-state index in [2.05, 4.69) is 15.9 Å². The van der Waals surface area contributed by atoms with E-state index < -0.39 is 15.8 Å². The molecule has 0 amide bonds. The zero-order valence-corrected chi connectivity index (χ0v) is 13.7. The van der Waals surface area contributed by atoms with E-state index in [0.717, 1.165) is 9.87 Å². The summed E-state index contributed by atoms with van der Waals surface area (Å²) in [5.74, 6) is -0.493. The Balaban J connectivity index is 2.47. The molecule has 0 atom stereocenters. The molecule has 2 aromatic rings. The zero-order chi connectivity index (χ0) is 15.6. The highest BCUT2D eigenvalue weighted by molar-refractivity contribution is 9.10. The Morgan fingerprint density at radius 1 is 1.24 bits per heavy atom. The Labute approximate surface area is 131 Å². The quantitative estimate of drug-likeness (QED) is 0.897. The molecule has 2 aromatic carbocycles. The Morgan fingerprint density at radius 3 is 2.52 bits per heavy atom. The molecule has 0 spiro atoms. The van der Waals surface area contributed by atoms with E-state index in [9.17, 15) is 12.8 Å². The third-order valence-corrected chi connectivity index (χ3v) is 5.80. The van der Waals surface area contributed by atoms with Crippen LogP contribution in [0.4, 0.5) is 10.1 Å². The van der Waals surface area contributed by atoms with E-state index in [1.807, 2.05) is 0 Å². The summed E-state index contributed by atoms with van der Waals surface area (Å²) in [6, 6.07) is 10.2. The molecule has 0 unspecified atom stereocenters. The summed E-state index contributed by atoms with van der Waals surface area (Å²) in [7, 11) is -2.40. The lowest BCUT2D eigenvalue weighted by atomic mass is 10.2. The maximum atomic E-state index is 13.3. The monoisotopic (exact) mass is 372 g/mol. The fourth-order valence-electron chi connectivity index (χ4n) is 1.84. The normalized spacial score (nSPS) is 11.4. The van der Waals surface area contributed by atoms with Crippen LogP contribution in [0.1, 0.15) is 5.56 Å². The second kappa shape index (κ2) is 6.13. The average Bonchev–Trinajstić information content (AvgIpc) is 2.45. The van der Waals surface area contributed by atoms with E-state index in [0.29, 0.717) is 11.0 Å². The van der Waals surface area contributed by atoms with Crippen LogP contribution < -0.4 is 10.0 Å². The molecule has 0 saturated heterocycles. The van der Waals surface area contributed by atoms with Crippen LogP contribution in [0.2, 0.25) is 0 Å². The third-order valence-electron chi connectivity index (χ3n) is 3.04. The van der Waals surface area contributed by atoms with Crippen molar-refractivity contribution in [3.63, 3.8) is 0 Å². The van der Waals surface area contributed by atoms with Crippen molar-refractivity contribution >= 4 is 31.6 Å². The van der Waals surface area contributed by atoms with Crippen molar-refractivity contribution in [3.05, 3.63) is 58.3 Å². The molecular weight excluding hydrogens is 359 g/mol. The van der Waals surface area contributed by atoms with E-state index in [1.54, 1.807) is 12.1 Å². The number of hydrogen-bond donors (Lipinski definition) is 1. The van der Waals surface area contributed by atoms with Crippen molar-refractivity contribution in [2.24, 2.45) is 5.73 Å². The highest BCUT2D eigenvalue weighted by Crippen LogP contribution is 2.28. The number of halogens is 2. The number of benzene rings is 2. The summed E-state index contributed by atoms with van der Waals surface area (Å²) in [4.78, 5) is 0.103. The van der Waals surface area contributed by atoms with Gasteiger partial charge < -0.3 is 5.73 Å². The van der Waals surface area contributed by atoms with Gasteiger partial charge in [-0.25, -0.2) is 12.8 Å². The van der Waals surface area contributed by atoms with Crippen molar-refractivity contribution in [2.45, 2.75) is 11.4 Å². The van der Waals surface area contributed by atoms with Crippen molar-refractivity contribution in [1.29, 1.82) is 0 Å². The fourth-order valence-corrected chi connectivity index (χ4v) is 4.11. The van der Waals surface area contributed by atoms with Gasteiger partial charge in [0.1, 0.15) is 10.7 Å². The van der Waals surface area contributed by atoms with Gasteiger partial charge in [-0.3, -0.25) is 4.31 Å². The summed E-state index contributed by atoms with van der Waals surface area (Å²) in [6.07, 6.45) is 0. The molecule has 0 aliphatic rings. The van der Waals surface area contributed by atoms with Crippen LogP contribution in [0.3, 0.4) is 0 Å². The van der Waals surface area contributed by atoms with Crippen LogP contribution in [-0.4, -0.2) is 15.5 Å². The number of nitrogens with two attached hydrogens (primary N) is 1. The van der Waals surface area contributed by atoms with Crippen molar-refractivity contribution in [3.8, 4) is 0 Å². The first-order valence-corrected chi connectivity index (χ1v) is 8.32. The van der Waals surface area contributed by atoms with Crippen molar-refractivity contribution < 1.29 is 12.8 Å². The summed E-state index contributed by atoms with van der Waals surface area (Å²) >= 11 is 3.24. The molecule has 7 heteroatoms. The highest BCUT2D eigenvalue weighted by atomic mass is 79.9. The summed E-state index contributed by atoms with van der Waals surface area (Å²) in [6.45, 7) is 0.318. The topological polar surface area (TPSA) is 63.4 Å². The molecule has 0 aliphatic carbocycles. The minimum Gasteiger partial charge on any atom is -0.326 e. The molecule has 0 aromatic heterocycles. The molecule has 0 fully saturated rings. The average molecular weight is 373 g/mol. The number of anilines is 1. The van der Waals surface area contributed by atoms with Gasteiger partial charge >= 0.3 is 0 Å². The van der Waals surface area contributed by atoms with Gasteiger partial charge in [-0.15, -0.1) is 0 Å². The van der Waals surface area contributed by atoms with Crippen LogP contribution in [0.25, 0.3) is 0 Å². The smallest absolute Gasteiger partial charge is 0.265 e. The predicted molar refractivity (Wildman–Crippen MR) is 84.0 cm³/mol. The van der Waals surface area contributed by atoms with Gasteiger partial charge in [-0.2, -0.15) is 0 Å². The molecule has 0 saturated carbocycles. The first kappa shape index (κ1) is 15.9. The fraction of sp³-hybridized carbons (Fsp3) is 0.143. The summed E-state index contributed by atoms with van der Waals surface area (Å²) in [5.41, 5.74) is 6.59. The lowest BCUT2D eigenvalue weighted by molar-refractivity contribution is 0.593. The van der Waals surface area contributed by atoms with Gasteiger partial charge in [0.2, 0.25) is 0 Å². The van der Waals surface area contributed by atoms with E-state index >= 15 is 0 Å². The minimum atomic E-state index is -3.79. The van der Waals surface area contributed by atoms with Crippen LogP contribution in [0.15, 0.2) is 51.8 Å². The largest absolute Gasteiger partial charge is 0.326 e. The highest BCUT2D eigenvalue weighted by Gasteiger charge is 2.24. The standard InChI is InChI=1S/C14H14BrFN2O2S/c1-18(12-4-2-3-11(16)8-12)21(19,20)14-6-5-10(9-17)7-13(14)15/h2-8H,9,17H2,1H3. The second-order valence-corrected chi connectivity index (χ2v) is 7.21. The molecule has 2 N–H and O–H groups in total. The molecule has 4 nitrogen and oxygen atoms in total. The van der Waals surface area contributed by atoms with Gasteiger partial charge in [0, 0.05) is 18.1 Å². The number of sulfonamides is 1. The summed E-state index contributed by atoms with van der Waals surface area (Å²) in [5, 5.41) is 0. The van der Waals surface area contributed by atoms with Gasteiger partial charge in [-0.05, 0) is 51.8 Å². The Bertz CT molecular complexity index is 765. The van der Waals surface area contributed by atoms with Crippen LogP contribution in [0, 0.1) is 5.82 Å². The van der Waals surface area contributed by atoms with Gasteiger partial charge in [0.15, 0.2) is 0 Å². The minimum absolute atomic E-state index is 0.103. The van der Waals surface area contributed by atoms with Crippen molar-refractivity contribution in [2.75, 3.05) is 11.4 Å². The zero-order valence-electron chi connectivity index (χ0n) is 11.3. The Kier molecular flexibility index (Phi) is 4.65. The Morgan fingerprint density at radius 2 is 1.95 bits per heavy atom. The van der Waals surface area contributed by atoms with Gasteiger partial charge in [0.25, 0.3) is 10.0 Å². The molecule has 0 bridgehead atoms. The number of hydrogen-bond acceptors (Lipinski definition) is 3. The van der Waals surface area contributed by atoms with Crippen LogP contribution >= 0.6 is 15.9 Å². The van der Waals surface area contributed by atoms with E-state index in [-0.39, 0.29) is 10.6 Å². The summed E-state index contributed by atoms with van der Waals surface area (Å²) < 4.78 is 39.9. The molecule has 0 heterocycles. The second-order valence-electron chi connectivity index (χ2n) is 4.42. The first-order chi connectivity index (χ1) is 9.86. The molecule has 2 rings (SSSR count). The Hall–Kier alpha value is -1.44. The van der Waals surface area contributed by atoms with Crippen LogP contribution in [-0.2, 0) is 16.6 Å². The lowest BCUT2D eigenvalue weighted by Crippen LogP contribution is -2.27. The van der Waals surface area contributed by atoms with Crippen molar-refractivity contribution in [1.82, 2.24) is 0 Å². The maximum Gasteiger partial charge on any atom is 0.265 e. The first-order valence-electron chi connectivity index (χ1n) is 6.09. The maximum absolute atomic E-state index is 13.3. The SMILES string of the molecule is CN(c1cccc(F)c1)S(=O)(=O)c1ccc(CN)cc1Br. The number of rotatable bonds is 4. The lowest BCUT2D eigenvalue weighted by Gasteiger charge is -2.20. The number of nitrogens with zero attached hydrogens (tertiary/aromatic N) is 1.